The molecular formula is C20H15N3O4. The topological polar surface area (TPSA) is 92.5 Å². The van der Waals surface area contributed by atoms with Gasteiger partial charge in [0, 0.05) is 30.2 Å². The first-order valence-electron chi connectivity index (χ1n) is 8.31. The molecule has 1 aliphatic heterocycles. The van der Waals surface area contributed by atoms with E-state index >= 15 is 0 Å². The van der Waals surface area contributed by atoms with Crippen molar-refractivity contribution in [3.63, 3.8) is 0 Å². The van der Waals surface area contributed by atoms with E-state index in [1.807, 2.05) is 30.3 Å². The van der Waals surface area contributed by atoms with Crippen molar-refractivity contribution in [2.75, 3.05) is 4.90 Å². The molecule has 0 atom stereocenters. The minimum Gasteiger partial charge on any atom is -0.480 e. The average molecular weight is 361 g/mol. The van der Waals surface area contributed by atoms with Crippen LogP contribution < -0.4 is 10.5 Å². The molecule has 0 fully saturated rings. The summed E-state index contributed by atoms with van der Waals surface area (Å²) in [6.45, 7) is -0.101. The Kier molecular flexibility index (Phi) is 4.04. The van der Waals surface area contributed by atoms with Crippen molar-refractivity contribution in [1.82, 2.24) is 9.55 Å². The van der Waals surface area contributed by atoms with Gasteiger partial charge in [0.25, 0.3) is 11.5 Å². The molecular weight excluding hydrogens is 346 g/mol. The Morgan fingerprint density at radius 2 is 1.96 bits per heavy atom. The van der Waals surface area contributed by atoms with Gasteiger partial charge in [0.15, 0.2) is 0 Å². The Balaban J connectivity index is 1.75. The number of carboxylic acid groups (broad SMARTS) is 1. The van der Waals surface area contributed by atoms with Gasteiger partial charge in [-0.3, -0.25) is 19.4 Å². The molecule has 134 valence electrons. The molecule has 27 heavy (non-hydrogen) atoms. The van der Waals surface area contributed by atoms with Crippen LogP contribution >= 0.6 is 0 Å². The normalized spacial score (nSPS) is 12.9. The molecule has 4 rings (SSSR count). The molecule has 1 aliphatic rings. The number of benzene rings is 1. The van der Waals surface area contributed by atoms with Crippen LogP contribution in [0.2, 0.25) is 0 Å². The van der Waals surface area contributed by atoms with E-state index in [-0.39, 0.29) is 5.91 Å². The molecule has 0 spiro atoms. The number of carboxylic acids is 1. The largest absolute Gasteiger partial charge is 0.480 e. The quantitative estimate of drug-likeness (QED) is 0.769. The number of nitrogens with zero attached hydrogens (tertiary/aromatic N) is 3. The molecule has 0 unspecified atom stereocenters. The van der Waals surface area contributed by atoms with Crippen LogP contribution in [0.15, 0.2) is 65.8 Å². The van der Waals surface area contributed by atoms with Crippen molar-refractivity contribution in [2.24, 2.45) is 0 Å². The highest BCUT2D eigenvalue weighted by molar-refractivity contribution is 6.13. The molecule has 1 amide bonds. The Labute approximate surface area is 154 Å². The summed E-state index contributed by atoms with van der Waals surface area (Å²) in [6.07, 6.45) is 4.79. The second-order valence-electron chi connectivity index (χ2n) is 6.22. The smallest absolute Gasteiger partial charge is 0.323 e. The van der Waals surface area contributed by atoms with Crippen LogP contribution in [0.25, 0.3) is 11.1 Å². The molecule has 1 N–H and O–H groups in total. The number of hydrogen-bond donors (Lipinski definition) is 1. The molecule has 0 saturated heterocycles. The van der Waals surface area contributed by atoms with E-state index in [1.54, 1.807) is 17.3 Å². The zero-order chi connectivity index (χ0) is 19.0. The Bertz CT molecular complexity index is 1110. The van der Waals surface area contributed by atoms with E-state index in [9.17, 15) is 14.4 Å². The van der Waals surface area contributed by atoms with Crippen molar-refractivity contribution >= 4 is 17.6 Å². The van der Waals surface area contributed by atoms with Gasteiger partial charge in [-0.2, -0.15) is 0 Å². The van der Waals surface area contributed by atoms with Crippen LogP contribution in [0.5, 0.6) is 0 Å². The number of pyridine rings is 2. The fraction of sp³-hybridized carbons (Fsp3) is 0.100. The van der Waals surface area contributed by atoms with Crippen LogP contribution in [-0.2, 0) is 17.9 Å². The van der Waals surface area contributed by atoms with Gasteiger partial charge < -0.3 is 14.6 Å². The number of hydrogen-bond acceptors (Lipinski definition) is 4. The van der Waals surface area contributed by atoms with Crippen molar-refractivity contribution in [2.45, 2.75) is 13.1 Å². The standard InChI is InChI=1S/C20H15N3O4/c24-17-7-6-15(11-22(17)12-18(25)26)23-10-14-3-1-5-16(19(14)20(23)27)13-4-2-8-21-9-13/h1-9,11H,10,12H2,(H,25,26). The van der Waals surface area contributed by atoms with E-state index in [0.717, 1.165) is 21.3 Å². The molecule has 0 radical (unpaired) electrons. The van der Waals surface area contributed by atoms with Crippen molar-refractivity contribution < 1.29 is 14.7 Å². The molecule has 3 heterocycles. The fourth-order valence-electron chi connectivity index (χ4n) is 3.28. The maximum absolute atomic E-state index is 13.1. The van der Waals surface area contributed by atoms with E-state index < -0.39 is 18.1 Å². The molecule has 2 aromatic heterocycles. The Morgan fingerprint density at radius 1 is 1.11 bits per heavy atom. The molecule has 0 saturated carbocycles. The van der Waals surface area contributed by atoms with E-state index in [1.165, 1.54) is 18.3 Å². The van der Waals surface area contributed by atoms with E-state index in [2.05, 4.69) is 4.98 Å². The summed E-state index contributed by atoms with van der Waals surface area (Å²) < 4.78 is 1.08. The summed E-state index contributed by atoms with van der Waals surface area (Å²) in [4.78, 5) is 41.6. The second kappa shape index (κ2) is 6.53. The number of anilines is 1. The SMILES string of the molecule is O=C(O)Cn1cc(N2Cc3cccc(-c4cccnc4)c3C2=O)ccc1=O. The fourth-order valence-corrected chi connectivity index (χ4v) is 3.28. The summed E-state index contributed by atoms with van der Waals surface area (Å²) >= 11 is 0. The highest BCUT2D eigenvalue weighted by Crippen LogP contribution is 2.34. The molecule has 3 aromatic rings. The van der Waals surface area contributed by atoms with Crippen LogP contribution in [-0.4, -0.2) is 26.5 Å². The third-order valence-electron chi connectivity index (χ3n) is 4.50. The zero-order valence-electron chi connectivity index (χ0n) is 14.2. The van der Waals surface area contributed by atoms with Crippen LogP contribution in [0.1, 0.15) is 15.9 Å². The van der Waals surface area contributed by atoms with Gasteiger partial charge >= 0.3 is 5.97 Å². The van der Waals surface area contributed by atoms with Gasteiger partial charge in [0.2, 0.25) is 0 Å². The van der Waals surface area contributed by atoms with Crippen LogP contribution in [0, 0.1) is 0 Å². The summed E-state index contributed by atoms with van der Waals surface area (Å²) in [7, 11) is 0. The van der Waals surface area contributed by atoms with Crippen LogP contribution in [0.3, 0.4) is 0 Å². The Morgan fingerprint density at radius 3 is 2.70 bits per heavy atom. The van der Waals surface area contributed by atoms with Gasteiger partial charge in [0.05, 0.1) is 17.8 Å². The first kappa shape index (κ1) is 16.7. The molecule has 0 bridgehead atoms. The number of carbonyl (C=O) groups excluding carboxylic acids is 1. The number of carbonyl (C=O) groups is 2. The van der Waals surface area contributed by atoms with Crippen molar-refractivity contribution in [3.8, 4) is 11.1 Å². The zero-order valence-corrected chi connectivity index (χ0v) is 14.2. The molecule has 7 heteroatoms. The molecule has 7 nitrogen and oxygen atoms in total. The highest BCUT2D eigenvalue weighted by Gasteiger charge is 2.31. The van der Waals surface area contributed by atoms with E-state index in [4.69, 9.17) is 5.11 Å². The summed E-state index contributed by atoms with van der Waals surface area (Å²) in [5.74, 6) is -1.31. The summed E-state index contributed by atoms with van der Waals surface area (Å²) in [5, 5.41) is 8.96. The highest BCUT2D eigenvalue weighted by atomic mass is 16.4. The maximum atomic E-state index is 13.1. The third-order valence-corrected chi connectivity index (χ3v) is 4.50. The number of fused-ring (bicyclic) bond motifs is 1. The minimum atomic E-state index is -1.12. The number of amides is 1. The van der Waals surface area contributed by atoms with Gasteiger partial charge in [-0.15, -0.1) is 0 Å². The number of rotatable bonds is 4. The molecule has 1 aromatic carbocycles. The first-order chi connectivity index (χ1) is 13.0. The Hall–Kier alpha value is -3.74. The lowest BCUT2D eigenvalue weighted by Crippen LogP contribution is -2.28. The third kappa shape index (κ3) is 2.99. The van der Waals surface area contributed by atoms with E-state index in [0.29, 0.717) is 17.8 Å². The average Bonchev–Trinajstić information content (AvgIpc) is 3.01. The van der Waals surface area contributed by atoms with Gasteiger partial charge in [-0.25, -0.2) is 0 Å². The number of aromatic nitrogens is 2. The summed E-state index contributed by atoms with van der Waals surface area (Å²) in [6, 6.07) is 12.2. The minimum absolute atomic E-state index is 0.190. The van der Waals surface area contributed by atoms with Gasteiger partial charge in [-0.05, 0) is 23.3 Å². The monoisotopic (exact) mass is 361 g/mol. The summed E-state index contributed by atoms with van der Waals surface area (Å²) in [5.41, 5.74) is 3.17. The van der Waals surface area contributed by atoms with Crippen molar-refractivity contribution in [3.05, 3.63) is 82.5 Å². The lowest BCUT2D eigenvalue weighted by molar-refractivity contribution is -0.137. The van der Waals surface area contributed by atoms with Gasteiger partial charge in [0.1, 0.15) is 6.54 Å². The second-order valence-corrected chi connectivity index (χ2v) is 6.22. The van der Waals surface area contributed by atoms with Gasteiger partial charge in [-0.1, -0.05) is 24.3 Å². The maximum Gasteiger partial charge on any atom is 0.323 e. The predicted octanol–water partition coefficient (Wildman–Crippen LogP) is 2.16. The first-order valence-corrected chi connectivity index (χ1v) is 8.31. The predicted molar refractivity (Wildman–Crippen MR) is 98.5 cm³/mol. The van der Waals surface area contributed by atoms with Crippen molar-refractivity contribution in [1.29, 1.82) is 0 Å². The molecule has 0 aliphatic carbocycles. The lowest BCUT2D eigenvalue weighted by atomic mass is 9.98. The number of aliphatic carboxylic acids is 1. The lowest BCUT2D eigenvalue weighted by Gasteiger charge is -2.17. The van der Waals surface area contributed by atoms with Crippen LogP contribution in [0.4, 0.5) is 5.69 Å².